The van der Waals surface area contributed by atoms with Crippen LogP contribution in [0, 0.1) is 12.8 Å². The Kier molecular flexibility index (Phi) is 3.24. The number of fused-ring (bicyclic) bond motifs is 2. The molecule has 0 N–H and O–H groups in total. The van der Waals surface area contributed by atoms with Crippen molar-refractivity contribution in [1.82, 2.24) is 15.1 Å². The maximum atomic E-state index is 5.98. The van der Waals surface area contributed by atoms with Gasteiger partial charge in [0.15, 0.2) is 11.5 Å². The quantitative estimate of drug-likeness (QED) is 0.849. The zero-order valence-corrected chi connectivity index (χ0v) is 13.5. The zero-order chi connectivity index (χ0) is 16.1. The van der Waals surface area contributed by atoms with Crippen LogP contribution < -0.4 is 9.47 Å². The van der Waals surface area contributed by atoms with Crippen LogP contribution in [-0.2, 0) is 11.3 Å². The van der Waals surface area contributed by atoms with Crippen molar-refractivity contribution in [2.24, 2.45) is 5.92 Å². The van der Waals surface area contributed by atoms with Gasteiger partial charge in [-0.3, -0.25) is 4.90 Å². The Labute approximate surface area is 139 Å². The Morgan fingerprint density at radius 2 is 2.08 bits per heavy atom. The van der Waals surface area contributed by atoms with Gasteiger partial charge in [-0.2, -0.15) is 0 Å². The van der Waals surface area contributed by atoms with Crippen molar-refractivity contribution in [2.75, 3.05) is 26.5 Å². The molecule has 0 spiro atoms. The van der Waals surface area contributed by atoms with Crippen molar-refractivity contribution in [3.8, 4) is 11.5 Å². The van der Waals surface area contributed by atoms with Gasteiger partial charge in [0.25, 0.3) is 0 Å². The molecule has 3 aliphatic rings. The van der Waals surface area contributed by atoms with Crippen molar-refractivity contribution in [1.29, 1.82) is 0 Å². The monoisotopic (exact) mass is 329 g/mol. The highest BCUT2D eigenvalue weighted by molar-refractivity contribution is 5.44. The van der Waals surface area contributed by atoms with E-state index < -0.39 is 0 Å². The minimum atomic E-state index is 0.206. The topological polar surface area (TPSA) is 69.9 Å². The molecule has 2 saturated heterocycles. The van der Waals surface area contributed by atoms with E-state index in [0.29, 0.717) is 31.1 Å². The maximum absolute atomic E-state index is 5.98. The number of hydrogen-bond acceptors (Lipinski definition) is 7. The van der Waals surface area contributed by atoms with E-state index in [1.807, 2.05) is 13.0 Å². The summed E-state index contributed by atoms with van der Waals surface area (Å²) >= 11 is 0. The Bertz CT molecular complexity index is 762. The van der Waals surface area contributed by atoms with Gasteiger partial charge in [0.05, 0.1) is 18.6 Å². The van der Waals surface area contributed by atoms with E-state index in [2.05, 4.69) is 27.2 Å². The lowest BCUT2D eigenvalue weighted by atomic mass is 9.93. The number of aromatic nitrogens is 2. The molecule has 0 saturated carbocycles. The Morgan fingerprint density at radius 1 is 1.17 bits per heavy atom. The highest BCUT2D eigenvalue weighted by Crippen LogP contribution is 2.40. The standard InChI is InChI=1S/C17H19N3O4/c1-10-18-19-17(24-10)13-8-21-16-7-20(6-12(13)16)5-11-2-3-14-15(4-11)23-9-22-14/h2-4,12-13,16H,5-9H2,1H3/t12-,13+,16-/m0/s1. The molecule has 0 amide bonds. The van der Waals surface area contributed by atoms with Crippen LogP contribution in [0.15, 0.2) is 22.6 Å². The van der Waals surface area contributed by atoms with Gasteiger partial charge < -0.3 is 18.6 Å². The van der Waals surface area contributed by atoms with E-state index in [4.69, 9.17) is 18.6 Å². The Balaban J connectivity index is 1.29. The highest BCUT2D eigenvalue weighted by atomic mass is 16.7. The molecule has 7 nitrogen and oxygen atoms in total. The number of likely N-dealkylation sites (tertiary alicyclic amines) is 1. The first-order valence-electron chi connectivity index (χ1n) is 8.29. The van der Waals surface area contributed by atoms with Crippen LogP contribution in [0.25, 0.3) is 0 Å². The Hall–Kier alpha value is -2.12. The van der Waals surface area contributed by atoms with E-state index in [0.717, 1.165) is 31.1 Å². The fraction of sp³-hybridized carbons (Fsp3) is 0.529. The average Bonchev–Trinajstić information content (AvgIpc) is 3.30. The van der Waals surface area contributed by atoms with Gasteiger partial charge in [-0.25, -0.2) is 0 Å². The predicted molar refractivity (Wildman–Crippen MR) is 82.8 cm³/mol. The summed E-state index contributed by atoms with van der Waals surface area (Å²) in [6.07, 6.45) is 0.246. The SMILES string of the molecule is Cc1nnc([C@@H]2CO[C@H]3CN(Cc4ccc5c(c4)OCO5)C[C@H]32)o1. The van der Waals surface area contributed by atoms with Gasteiger partial charge in [-0.1, -0.05) is 6.07 Å². The molecule has 0 bridgehead atoms. The number of hydrogen-bond donors (Lipinski definition) is 0. The molecule has 0 radical (unpaired) electrons. The third-order valence-electron chi connectivity index (χ3n) is 5.09. The molecule has 7 heteroatoms. The molecule has 0 aliphatic carbocycles. The van der Waals surface area contributed by atoms with E-state index >= 15 is 0 Å². The van der Waals surface area contributed by atoms with E-state index in [9.17, 15) is 0 Å². The first kappa shape index (κ1) is 14.2. The van der Waals surface area contributed by atoms with Gasteiger partial charge >= 0.3 is 0 Å². The summed E-state index contributed by atoms with van der Waals surface area (Å²) in [5, 5.41) is 8.14. The van der Waals surface area contributed by atoms with Crippen LogP contribution in [0.4, 0.5) is 0 Å². The van der Waals surface area contributed by atoms with E-state index in [-0.39, 0.29) is 12.0 Å². The first-order valence-corrected chi connectivity index (χ1v) is 8.29. The van der Waals surface area contributed by atoms with Crippen LogP contribution in [0.3, 0.4) is 0 Å². The minimum absolute atomic E-state index is 0.206. The first-order chi connectivity index (χ1) is 11.8. The molecule has 0 unspecified atom stereocenters. The molecule has 4 heterocycles. The van der Waals surface area contributed by atoms with Crippen LogP contribution in [0.2, 0.25) is 0 Å². The Morgan fingerprint density at radius 3 is 2.96 bits per heavy atom. The lowest BCUT2D eigenvalue weighted by Crippen LogP contribution is -2.23. The van der Waals surface area contributed by atoms with E-state index in [1.165, 1.54) is 5.56 Å². The molecule has 24 heavy (non-hydrogen) atoms. The summed E-state index contributed by atoms with van der Waals surface area (Å²) in [6, 6.07) is 6.15. The lowest BCUT2D eigenvalue weighted by molar-refractivity contribution is 0.0960. The smallest absolute Gasteiger partial charge is 0.231 e. The van der Waals surface area contributed by atoms with Crippen LogP contribution in [0.1, 0.15) is 23.3 Å². The summed E-state index contributed by atoms with van der Waals surface area (Å²) in [7, 11) is 0. The molecule has 5 rings (SSSR count). The van der Waals surface area contributed by atoms with Gasteiger partial charge in [-0.05, 0) is 17.7 Å². The van der Waals surface area contributed by atoms with Crippen molar-refractivity contribution < 1.29 is 18.6 Å². The summed E-state index contributed by atoms with van der Waals surface area (Å²) < 4.78 is 22.4. The van der Waals surface area contributed by atoms with Gasteiger partial charge in [0.2, 0.25) is 18.6 Å². The molecule has 126 valence electrons. The van der Waals surface area contributed by atoms with Gasteiger partial charge in [0, 0.05) is 32.5 Å². The van der Waals surface area contributed by atoms with E-state index in [1.54, 1.807) is 0 Å². The second-order valence-corrected chi connectivity index (χ2v) is 6.68. The summed E-state index contributed by atoms with van der Waals surface area (Å²) in [5.41, 5.74) is 1.23. The number of aryl methyl sites for hydroxylation is 1. The molecule has 3 atom stereocenters. The fourth-order valence-corrected chi connectivity index (χ4v) is 3.94. The molecule has 2 fully saturated rings. The fourth-order valence-electron chi connectivity index (χ4n) is 3.94. The third-order valence-corrected chi connectivity index (χ3v) is 5.09. The van der Waals surface area contributed by atoms with Crippen molar-refractivity contribution in [3.05, 3.63) is 35.5 Å². The zero-order valence-electron chi connectivity index (χ0n) is 13.5. The van der Waals surface area contributed by atoms with Crippen molar-refractivity contribution in [3.63, 3.8) is 0 Å². The number of nitrogens with zero attached hydrogens (tertiary/aromatic N) is 3. The third kappa shape index (κ3) is 2.35. The highest BCUT2D eigenvalue weighted by Gasteiger charge is 2.46. The number of benzene rings is 1. The second kappa shape index (κ2) is 5.46. The molecule has 1 aromatic carbocycles. The predicted octanol–water partition coefficient (Wildman–Crippen LogP) is 1.72. The minimum Gasteiger partial charge on any atom is -0.454 e. The van der Waals surface area contributed by atoms with Crippen molar-refractivity contribution in [2.45, 2.75) is 25.5 Å². The lowest BCUT2D eigenvalue weighted by Gasteiger charge is -2.18. The molecule has 2 aromatic rings. The number of ether oxygens (including phenoxy) is 3. The van der Waals surface area contributed by atoms with Crippen LogP contribution in [0.5, 0.6) is 11.5 Å². The van der Waals surface area contributed by atoms with Crippen LogP contribution in [-0.4, -0.2) is 47.7 Å². The van der Waals surface area contributed by atoms with Gasteiger partial charge in [0.1, 0.15) is 0 Å². The summed E-state index contributed by atoms with van der Waals surface area (Å²) in [5.74, 6) is 3.61. The number of rotatable bonds is 3. The molecule has 1 aromatic heterocycles. The molecular formula is C17H19N3O4. The summed E-state index contributed by atoms with van der Waals surface area (Å²) in [4.78, 5) is 2.42. The van der Waals surface area contributed by atoms with Crippen LogP contribution >= 0.6 is 0 Å². The second-order valence-electron chi connectivity index (χ2n) is 6.68. The normalized spacial score (nSPS) is 28.5. The average molecular weight is 329 g/mol. The van der Waals surface area contributed by atoms with Crippen molar-refractivity contribution >= 4 is 0 Å². The largest absolute Gasteiger partial charge is 0.454 e. The summed E-state index contributed by atoms with van der Waals surface area (Å²) in [6.45, 7) is 5.60. The maximum Gasteiger partial charge on any atom is 0.231 e. The molecular weight excluding hydrogens is 310 g/mol. The van der Waals surface area contributed by atoms with Gasteiger partial charge in [-0.15, -0.1) is 10.2 Å². The molecule has 3 aliphatic heterocycles.